The Morgan fingerprint density at radius 2 is 2.00 bits per heavy atom. The first kappa shape index (κ1) is 18.1. The van der Waals surface area contributed by atoms with Crippen molar-refractivity contribution in [3.05, 3.63) is 33.8 Å². The summed E-state index contributed by atoms with van der Waals surface area (Å²) in [7, 11) is 1.33. The Bertz CT molecular complexity index is 604. The summed E-state index contributed by atoms with van der Waals surface area (Å²) in [5.74, 6) is -0.242. The summed E-state index contributed by atoms with van der Waals surface area (Å²) >= 11 is 11.9. The summed E-state index contributed by atoms with van der Waals surface area (Å²) in [5.41, 5.74) is 0.998. The molecule has 1 aliphatic rings. The maximum atomic E-state index is 12.4. The van der Waals surface area contributed by atoms with Gasteiger partial charge < -0.3 is 10.1 Å². The summed E-state index contributed by atoms with van der Waals surface area (Å²) in [5, 5.41) is 3.80. The molecule has 3 unspecified atom stereocenters. The number of benzene rings is 1. The highest BCUT2D eigenvalue weighted by molar-refractivity contribution is 6.42. The van der Waals surface area contributed by atoms with Crippen molar-refractivity contribution < 1.29 is 14.3 Å². The number of amides is 1. The van der Waals surface area contributed by atoms with Crippen molar-refractivity contribution in [2.24, 2.45) is 11.8 Å². The van der Waals surface area contributed by atoms with E-state index in [1.54, 1.807) is 12.1 Å². The van der Waals surface area contributed by atoms with Crippen LogP contribution in [0.2, 0.25) is 10.0 Å². The van der Waals surface area contributed by atoms with E-state index in [0.717, 1.165) is 12.0 Å². The van der Waals surface area contributed by atoms with Crippen molar-refractivity contribution in [3.63, 3.8) is 0 Å². The molecule has 0 saturated heterocycles. The molecule has 1 aromatic rings. The van der Waals surface area contributed by atoms with Crippen LogP contribution >= 0.6 is 23.2 Å². The largest absolute Gasteiger partial charge is 0.467 e. The number of halogens is 2. The fourth-order valence-electron chi connectivity index (χ4n) is 2.70. The number of methoxy groups -OCH3 is 1. The van der Waals surface area contributed by atoms with Gasteiger partial charge in [-0.25, -0.2) is 4.79 Å². The normalized spacial score (nSPS) is 21.0. The van der Waals surface area contributed by atoms with Gasteiger partial charge >= 0.3 is 5.97 Å². The molecule has 0 spiro atoms. The van der Waals surface area contributed by atoms with Gasteiger partial charge in [-0.2, -0.15) is 0 Å². The number of carbonyl (C=O) groups excluding carboxylic acids is 2. The van der Waals surface area contributed by atoms with Crippen LogP contribution < -0.4 is 5.32 Å². The maximum Gasteiger partial charge on any atom is 0.328 e. The first-order valence-corrected chi connectivity index (χ1v) is 8.42. The fourth-order valence-corrected chi connectivity index (χ4v) is 3.01. The number of hydrogen-bond acceptors (Lipinski definition) is 3. The van der Waals surface area contributed by atoms with Crippen molar-refractivity contribution in [3.8, 4) is 0 Å². The highest BCUT2D eigenvalue weighted by Crippen LogP contribution is 2.48. The van der Waals surface area contributed by atoms with E-state index in [9.17, 15) is 9.59 Å². The summed E-state index contributed by atoms with van der Waals surface area (Å²) in [6.07, 6.45) is 1.31. The van der Waals surface area contributed by atoms with E-state index in [-0.39, 0.29) is 23.7 Å². The Morgan fingerprint density at radius 1 is 1.30 bits per heavy atom. The monoisotopic (exact) mass is 357 g/mol. The number of hydrogen-bond donors (Lipinski definition) is 1. The van der Waals surface area contributed by atoms with Crippen molar-refractivity contribution in [1.82, 2.24) is 5.32 Å². The standard InChI is InChI=1S/C17H21Cl2NO3/c1-9(2)6-15(17(22)23-3)20-16(21)12-8-11(12)10-4-5-13(18)14(19)7-10/h4-5,7,9,11-12,15H,6,8H2,1-3H3,(H,20,21). The van der Waals surface area contributed by atoms with E-state index in [4.69, 9.17) is 27.9 Å². The number of esters is 1. The summed E-state index contributed by atoms with van der Waals surface area (Å²) in [6.45, 7) is 4.00. The van der Waals surface area contributed by atoms with Gasteiger partial charge in [-0.1, -0.05) is 43.1 Å². The van der Waals surface area contributed by atoms with E-state index >= 15 is 0 Å². The fraction of sp³-hybridized carbons (Fsp3) is 0.529. The van der Waals surface area contributed by atoms with Crippen molar-refractivity contribution in [2.75, 3.05) is 7.11 Å². The first-order chi connectivity index (χ1) is 10.8. The van der Waals surface area contributed by atoms with Gasteiger partial charge in [0.25, 0.3) is 0 Å². The summed E-state index contributed by atoms with van der Waals surface area (Å²) in [6, 6.07) is 4.83. The molecule has 3 atom stereocenters. The molecule has 0 aliphatic heterocycles. The van der Waals surface area contributed by atoms with Crippen LogP contribution in [0.3, 0.4) is 0 Å². The van der Waals surface area contributed by atoms with E-state index in [1.807, 2.05) is 19.9 Å². The van der Waals surface area contributed by atoms with Crippen molar-refractivity contribution >= 4 is 35.1 Å². The minimum atomic E-state index is -0.595. The van der Waals surface area contributed by atoms with Crippen LogP contribution in [0.1, 0.15) is 38.2 Å². The van der Waals surface area contributed by atoms with Gasteiger partial charge in [0.2, 0.25) is 5.91 Å². The Hall–Kier alpha value is -1.26. The highest BCUT2D eigenvalue weighted by Gasteiger charge is 2.45. The molecule has 0 aromatic heterocycles. The second kappa shape index (κ2) is 7.54. The lowest BCUT2D eigenvalue weighted by atomic mass is 10.0. The maximum absolute atomic E-state index is 12.4. The molecular formula is C17H21Cl2NO3. The highest BCUT2D eigenvalue weighted by atomic mass is 35.5. The van der Waals surface area contributed by atoms with Crippen LogP contribution in [-0.2, 0) is 14.3 Å². The van der Waals surface area contributed by atoms with Crippen molar-refractivity contribution in [2.45, 2.75) is 38.6 Å². The van der Waals surface area contributed by atoms with Gasteiger partial charge in [-0.15, -0.1) is 0 Å². The zero-order chi connectivity index (χ0) is 17.1. The molecule has 1 aliphatic carbocycles. The zero-order valence-electron chi connectivity index (χ0n) is 13.4. The molecule has 0 radical (unpaired) electrons. The minimum absolute atomic E-state index is 0.114. The lowest BCUT2D eigenvalue weighted by Crippen LogP contribution is -2.43. The lowest BCUT2D eigenvalue weighted by Gasteiger charge is -2.18. The molecule has 0 heterocycles. The third-order valence-electron chi connectivity index (χ3n) is 4.01. The smallest absolute Gasteiger partial charge is 0.328 e. The van der Waals surface area contributed by atoms with Gasteiger partial charge in [-0.05, 0) is 42.4 Å². The summed E-state index contributed by atoms with van der Waals surface area (Å²) in [4.78, 5) is 24.2. The molecular weight excluding hydrogens is 337 g/mol. The van der Waals surface area contributed by atoms with Crippen LogP contribution in [0.25, 0.3) is 0 Å². The zero-order valence-corrected chi connectivity index (χ0v) is 14.9. The molecule has 1 N–H and O–H groups in total. The molecule has 1 fully saturated rings. The lowest BCUT2D eigenvalue weighted by molar-refractivity contribution is -0.145. The van der Waals surface area contributed by atoms with E-state index in [0.29, 0.717) is 16.5 Å². The van der Waals surface area contributed by atoms with Crippen molar-refractivity contribution in [1.29, 1.82) is 0 Å². The molecule has 1 aromatic carbocycles. The van der Waals surface area contributed by atoms with E-state index < -0.39 is 12.0 Å². The third kappa shape index (κ3) is 4.61. The second-order valence-electron chi connectivity index (χ2n) is 6.34. The Morgan fingerprint density at radius 3 is 2.57 bits per heavy atom. The molecule has 1 saturated carbocycles. The second-order valence-corrected chi connectivity index (χ2v) is 7.15. The average Bonchev–Trinajstić information content (AvgIpc) is 3.28. The number of carbonyl (C=O) groups is 2. The van der Waals surface area contributed by atoms with Crippen LogP contribution in [0.4, 0.5) is 0 Å². The van der Waals surface area contributed by atoms with E-state index in [2.05, 4.69) is 5.32 Å². The quantitative estimate of drug-likeness (QED) is 0.787. The van der Waals surface area contributed by atoms with Crippen LogP contribution in [-0.4, -0.2) is 25.0 Å². The summed E-state index contributed by atoms with van der Waals surface area (Å²) < 4.78 is 4.77. The predicted molar refractivity (Wildman–Crippen MR) is 90.7 cm³/mol. The Kier molecular flexibility index (Phi) is 5.93. The van der Waals surface area contributed by atoms with E-state index in [1.165, 1.54) is 7.11 Å². The van der Waals surface area contributed by atoms with Gasteiger partial charge in [0.05, 0.1) is 17.2 Å². The van der Waals surface area contributed by atoms with Crippen LogP contribution in [0.5, 0.6) is 0 Å². The van der Waals surface area contributed by atoms with Gasteiger partial charge in [0, 0.05) is 5.92 Å². The molecule has 0 bridgehead atoms. The predicted octanol–water partition coefficient (Wildman–Crippen LogP) is 3.80. The van der Waals surface area contributed by atoms with Crippen LogP contribution in [0.15, 0.2) is 18.2 Å². The Balaban J connectivity index is 1.98. The number of ether oxygens (including phenoxy) is 1. The number of rotatable bonds is 6. The number of nitrogens with one attached hydrogen (secondary N) is 1. The molecule has 2 rings (SSSR count). The Labute approximate surface area is 146 Å². The molecule has 23 heavy (non-hydrogen) atoms. The molecule has 1 amide bonds. The van der Waals surface area contributed by atoms with Gasteiger partial charge in [0.1, 0.15) is 6.04 Å². The topological polar surface area (TPSA) is 55.4 Å². The van der Waals surface area contributed by atoms with Gasteiger partial charge in [0.15, 0.2) is 0 Å². The molecule has 6 heteroatoms. The van der Waals surface area contributed by atoms with Crippen LogP contribution in [0, 0.1) is 11.8 Å². The molecule has 126 valence electrons. The average molecular weight is 358 g/mol. The van der Waals surface area contributed by atoms with Gasteiger partial charge in [-0.3, -0.25) is 4.79 Å². The molecule has 4 nitrogen and oxygen atoms in total. The first-order valence-electron chi connectivity index (χ1n) is 7.66. The SMILES string of the molecule is COC(=O)C(CC(C)C)NC(=O)C1CC1c1ccc(Cl)c(Cl)c1. The minimum Gasteiger partial charge on any atom is -0.467 e. The third-order valence-corrected chi connectivity index (χ3v) is 4.75.